The molecule has 1 unspecified atom stereocenters. The van der Waals surface area contributed by atoms with Crippen LogP contribution in [0.4, 0.5) is 4.79 Å². The number of para-hydroxylation sites is 1. The third-order valence-corrected chi connectivity index (χ3v) is 4.48. The number of benzene rings is 2. The molecule has 26 heavy (non-hydrogen) atoms. The maximum Gasteiger partial charge on any atom is 0.317 e. The Labute approximate surface area is 158 Å². The molecule has 5 nitrogen and oxygen atoms in total. The van der Waals surface area contributed by atoms with E-state index in [1.54, 1.807) is 22.8 Å². The SMILES string of the molecule is CC(NC(=O)N(C)Cc1cnn(-c2ccccc2)c1)c1ccccc1Cl. The van der Waals surface area contributed by atoms with Gasteiger partial charge in [-0.2, -0.15) is 5.10 Å². The lowest BCUT2D eigenvalue weighted by atomic mass is 10.1. The summed E-state index contributed by atoms with van der Waals surface area (Å²) in [7, 11) is 1.76. The van der Waals surface area contributed by atoms with Gasteiger partial charge in [0.05, 0.1) is 24.5 Å². The Bertz CT molecular complexity index is 878. The molecule has 1 heterocycles. The molecule has 0 saturated heterocycles. The number of nitrogens with zero attached hydrogens (tertiary/aromatic N) is 3. The molecule has 1 aromatic heterocycles. The summed E-state index contributed by atoms with van der Waals surface area (Å²) in [6, 6.07) is 17.0. The van der Waals surface area contributed by atoms with Crippen LogP contribution in [0.1, 0.15) is 24.1 Å². The van der Waals surface area contributed by atoms with Crippen molar-refractivity contribution in [2.24, 2.45) is 0 Å². The van der Waals surface area contributed by atoms with Crippen molar-refractivity contribution in [2.45, 2.75) is 19.5 Å². The highest BCUT2D eigenvalue weighted by molar-refractivity contribution is 6.31. The molecule has 0 aliphatic carbocycles. The average Bonchev–Trinajstić information content (AvgIpc) is 3.11. The third kappa shape index (κ3) is 4.24. The van der Waals surface area contributed by atoms with Crippen LogP contribution in [0, 0.1) is 0 Å². The molecule has 0 fully saturated rings. The van der Waals surface area contributed by atoms with Gasteiger partial charge in [-0.15, -0.1) is 0 Å². The van der Waals surface area contributed by atoms with Gasteiger partial charge in [0.15, 0.2) is 0 Å². The van der Waals surface area contributed by atoms with E-state index in [0.717, 1.165) is 16.8 Å². The van der Waals surface area contributed by atoms with E-state index < -0.39 is 0 Å². The lowest BCUT2D eigenvalue weighted by Gasteiger charge is -2.21. The number of hydrogen-bond donors (Lipinski definition) is 1. The Hall–Kier alpha value is -2.79. The first-order valence-corrected chi connectivity index (χ1v) is 8.77. The number of urea groups is 1. The van der Waals surface area contributed by atoms with Crippen LogP contribution in [-0.2, 0) is 6.54 Å². The predicted molar refractivity (Wildman–Crippen MR) is 103 cm³/mol. The van der Waals surface area contributed by atoms with E-state index >= 15 is 0 Å². The summed E-state index contributed by atoms with van der Waals surface area (Å²) in [5.41, 5.74) is 2.84. The van der Waals surface area contributed by atoms with Gasteiger partial charge in [-0.25, -0.2) is 9.48 Å². The molecule has 2 aromatic carbocycles. The summed E-state index contributed by atoms with van der Waals surface area (Å²) < 4.78 is 1.80. The van der Waals surface area contributed by atoms with Crippen LogP contribution < -0.4 is 5.32 Å². The molecule has 6 heteroatoms. The zero-order valence-corrected chi connectivity index (χ0v) is 15.5. The Balaban J connectivity index is 1.61. The molecule has 0 radical (unpaired) electrons. The number of aromatic nitrogens is 2. The monoisotopic (exact) mass is 368 g/mol. The summed E-state index contributed by atoms with van der Waals surface area (Å²) in [5, 5.41) is 7.98. The van der Waals surface area contributed by atoms with Gasteiger partial charge in [-0.1, -0.05) is 48.0 Å². The summed E-state index contributed by atoms with van der Waals surface area (Å²) in [6.07, 6.45) is 3.70. The second kappa shape index (κ2) is 8.06. The summed E-state index contributed by atoms with van der Waals surface area (Å²) >= 11 is 6.20. The van der Waals surface area contributed by atoms with Gasteiger partial charge in [0.2, 0.25) is 0 Å². The molecule has 0 aliphatic rings. The summed E-state index contributed by atoms with van der Waals surface area (Å²) in [4.78, 5) is 14.1. The lowest BCUT2D eigenvalue weighted by Crippen LogP contribution is -2.38. The quantitative estimate of drug-likeness (QED) is 0.724. The van der Waals surface area contributed by atoms with E-state index in [1.807, 2.05) is 67.7 Å². The minimum atomic E-state index is -0.175. The smallest absolute Gasteiger partial charge is 0.317 e. The first kappa shape index (κ1) is 18.0. The van der Waals surface area contributed by atoms with Crippen molar-refractivity contribution < 1.29 is 4.79 Å². The number of amides is 2. The van der Waals surface area contributed by atoms with Gasteiger partial charge >= 0.3 is 6.03 Å². The maximum absolute atomic E-state index is 12.5. The van der Waals surface area contributed by atoms with Crippen molar-refractivity contribution in [3.8, 4) is 5.69 Å². The van der Waals surface area contributed by atoms with Crippen molar-refractivity contribution in [1.82, 2.24) is 20.0 Å². The first-order valence-electron chi connectivity index (χ1n) is 8.39. The van der Waals surface area contributed by atoms with Gasteiger partial charge in [0, 0.05) is 23.8 Å². The first-order chi connectivity index (χ1) is 12.5. The highest BCUT2D eigenvalue weighted by atomic mass is 35.5. The van der Waals surface area contributed by atoms with Gasteiger partial charge in [0.25, 0.3) is 0 Å². The van der Waals surface area contributed by atoms with Crippen LogP contribution in [0.5, 0.6) is 0 Å². The molecule has 0 spiro atoms. The van der Waals surface area contributed by atoms with E-state index in [0.29, 0.717) is 11.6 Å². The molecule has 3 rings (SSSR count). The normalized spacial score (nSPS) is 11.8. The number of carbonyl (C=O) groups is 1. The van der Waals surface area contributed by atoms with Crippen LogP contribution >= 0.6 is 11.6 Å². The third-order valence-electron chi connectivity index (χ3n) is 4.13. The fourth-order valence-electron chi connectivity index (χ4n) is 2.71. The van der Waals surface area contributed by atoms with Gasteiger partial charge in [0.1, 0.15) is 0 Å². The van der Waals surface area contributed by atoms with Gasteiger partial charge < -0.3 is 10.2 Å². The van der Waals surface area contributed by atoms with Gasteiger partial charge in [-0.05, 0) is 30.7 Å². The molecular formula is C20H21ClN4O. The molecule has 3 aromatic rings. The van der Waals surface area contributed by atoms with Crippen LogP contribution in [-0.4, -0.2) is 27.8 Å². The maximum atomic E-state index is 12.5. The summed E-state index contributed by atoms with van der Waals surface area (Å²) in [6.45, 7) is 2.38. The van der Waals surface area contributed by atoms with Crippen molar-refractivity contribution in [3.63, 3.8) is 0 Å². The van der Waals surface area contributed by atoms with Crippen molar-refractivity contribution in [3.05, 3.63) is 83.1 Å². The number of rotatable bonds is 5. The zero-order valence-electron chi connectivity index (χ0n) is 14.8. The minimum absolute atomic E-state index is 0.162. The van der Waals surface area contributed by atoms with E-state index in [9.17, 15) is 4.79 Å². The molecule has 0 bridgehead atoms. The fraction of sp³-hybridized carbons (Fsp3) is 0.200. The largest absolute Gasteiger partial charge is 0.331 e. The Morgan fingerprint density at radius 3 is 2.62 bits per heavy atom. The van der Waals surface area contributed by atoms with Crippen LogP contribution in [0.2, 0.25) is 5.02 Å². The van der Waals surface area contributed by atoms with E-state index in [-0.39, 0.29) is 12.1 Å². The van der Waals surface area contributed by atoms with Crippen molar-refractivity contribution in [1.29, 1.82) is 0 Å². The standard InChI is InChI=1S/C20H21ClN4O/c1-15(18-10-6-7-11-19(18)21)23-20(26)24(2)13-16-12-22-25(14-16)17-8-4-3-5-9-17/h3-12,14-15H,13H2,1-2H3,(H,23,26). The number of halogens is 1. The molecule has 1 atom stereocenters. The fourth-order valence-corrected chi connectivity index (χ4v) is 3.01. The number of carbonyl (C=O) groups excluding carboxylic acids is 1. The minimum Gasteiger partial charge on any atom is -0.331 e. The second-order valence-corrected chi connectivity index (χ2v) is 6.58. The predicted octanol–water partition coefficient (Wildman–Crippen LogP) is 4.43. The van der Waals surface area contributed by atoms with Crippen LogP contribution in [0.3, 0.4) is 0 Å². The molecule has 2 amide bonds. The Morgan fingerprint density at radius 2 is 1.88 bits per heavy atom. The number of hydrogen-bond acceptors (Lipinski definition) is 2. The van der Waals surface area contributed by atoms with Crippen molar-refractivity contribution in [2.75, 3.05) is 7.05 Å². The van der Waals surface area contributed by atoms with E-state index in [1.165, 1.54) is 0 Å². The van der Waals surface area contributed by atoms with E-state index in [4.69, 9.17) is 11.6 Å². The summed E-state index contributed by atoms with van der Waals surface area (Å²) in [5.74, 6) is 0. The zero-order chi connectivity index (χ0) is 18.5. The second-order valence-electron chi connectivity index (χ2n) is 6.18. The molecule has 134 valence electrons. The van der Waals surface area contributed by atoms with E-state index in [2.05, 4.69) is 10.4 Å². The topological polar surface area (TPSA) is 50.2 Å². The highest BCUT2D eigenvalue weighted by Crippen LogP contribution is 2.22. The van der Waals surface area contributed by atoms with Crippen LogP contribution in [0.25, 0.3) is 5.69 Å². The molecule has 0 saturated carbocycles. The number of nitrogens with one attached hydrogen (secondary N) is 1. The van der Waals surface area contributed by atoms with Crippen molar-refractivity contribution >= 4 is 17.6 Å². The van der Waals surface area contributed by atoms with Crippen LogP contribution in [0.15, 0.2) is 67.0 Å². The average molecular weight is 369 g/mol. The highest BCUT2D eigenvalue weighted by Gasteiger charge is 2.16. The molecule has 1 N–H and O–H groups in total. The van der Waals surface area contributed by atoms with Gasteiger partial charge in [-0.3, -0.25) is 0 Å². The lowest BCUT2D eigenvalue weighted by molar-refractivity contribution is 0.203. The molecule has 0 aliphatic heterocycles. The Morgan fingerprint density at radius 1 is 1.19 bits per heavy atom. The molecular weight excluding hydrogens is 348 g/mol. The Kier molecular flexibility index (Phi) is 5.58.